The smallest absolute Gasteiger partial charge is 0.129 e. The van der Waals surface area contributed by atoms with Crippen molar-refractivity contribution >= 4 is 38.8 Å². The highest BCUT2D eigenvalue weighted by Crippen LogP contribution is 2.59. The minimum absolute atomic E-state index is 0.0217. The molecular weight excluding hydrogens is 583 g/mol. The van der Waals surface area contributed by atoms with Crippen LogP contribution in [-0.4, -0.2) is 4.57 Å². The molecule has 3 nitrogen and oxygen atoms in total. The van der Waals surface area contributed by atoms with Gasteiger partial charge in [-0.3, -0.25) is 0 Å². The quantitative estimate of drug-likeness (QED) is 0.206. The molecule has 48 heavy (non-hydrogen) atoms. The van der Waals surface area contributed by atoms with Crippen LogP contribution in [0.5, 0.6) is 0 Å². The van der Waals surface area contributed by atoms with Crippen LogP contribution in [0, 0.1) is 0 Å². The van der Waals surface area contributed by atoms with Crippen LogP contribution in [0.15, 0.2) is 169 Å². The van der Waals surface area contributed by atoms with E-state index in [1.165, 1.54) is 60.8 Å². The summed E-state index contributed by atoms with van der Waals surface area (Å²) in [6.45, 7) is 0. The van der Waals surface area contributed by atoms with E-state index in [4.69, 9.17) is 0 Å². The molecule has 0 saturated heterocycles. The first-order valence-corrected chi connectivity index (χ1v) is 17.1. The zero-order valence-corrected chi connectivity index (χ0v) is 26.6. The van der Waals surface area contributed by atoms with E-state index in [2.05, 4.69) is 179 Å². The van der Waals surface area contributed by atoms with Crippen LogP contribution in [0.1, 0.15) is 52.9 Å². The normalized spacial score (nSPS) is 19.0. The van der Waals surface area contributed by atoms with Gasteiger partial charge < -0.3 is 15.2 Å². The van der Waals surface area contributed by atoms with Crippen LogP contribution >= 0.6 is 0 Å². The van der Waals surface area contributed by atoms with Crippen LogP contribution in [0.2, 0.25) is 0 Å². The first-order chi connectivity index (χ1) is 23.8. The lowest BCUT2D eigenvalue weighted by atomic mass is 9.66. The van der Waals surface area contributed by atoms with Crippen molar-refractivity contribution in [3.05, 3.63) is 197 Å². The van der Waals surface area contributed by atoms with Crippen molar-refractivity contribution in [1.82, 2.24) is 4.57 Å². The lowest BCUT2D eigenvalue weighted by molar-refractivity contribution is 0.506. The van der Waals surface area contributed by atoms with Crippen molar-refractivity contribution in [3.63, 3.8) is 0 Å². The summed E-state index contributed by atoms with van der Waals surface area (Å²) in [6.07, 6.45) is 6.83. The van der Waals surface area contributed by atoms with Crippen molar-refractivity contribution < 1.29 is 0 Å². The third kappa shape index (κ3) is 3.76. The Bertz CT molecular complexity index is 2360. The summed E-state index contributed by atoms with van der Waals surface area (Å²) in [5.74, 6) is 0. The number of fused-ring (bicyclic) bond motifs is 7. The zero-order chi connectivity index (χ0) is 31.7. The minimum Gasteiger partial charge on any atom is -0.373 e. The molecule has 7 aromatic rings. The summed E-state index contributed by atoms with van der Waals surface area (Å²) in [6, 6.07) is 55.7. The molecule has 0 fully saturated rings. The molecule has 1 aliphatic heterocycles. The van der Waals surface area contributed by atoms with Crippen LogP contribution in [0.25, 0.3) is 27.4 Å². The predicted octanol–water partition coefficient (Wildman–Crippen LogP) is 11.0. The lowest BCUT2D eigenvalue weighted by Crippen LogP contribution is -2.34. The Morgan fingerprint density at radius 3 is 1.94 bits per heavy atom. The Morgan fingerprint density at radius 1 is 0.583 bits per heavy atom. The summed E-state index contributed by atoms with van der Waals surface area (Å²) in [5, 5.41) is 10.6. The van der Waals surface area contributed by atoms with Gasteiger partial charge >= 0.3 is 0 Å². The number of allylic oxidation sites excluding steroid dienone is 4. The summed E-state index contributed by atoms with van der Waals surface area (Å²) < 4.78 is 2.56. The first kappa shape index (κ1) is 27.3. The Morgan fingerprint density at radius 2 is 1.21 bits per heavy atom. The summed E-state index contributed by atoms with van der Waals surface area (Å²) >= 11 is 0. The second kappa shape index (κ2) is 10.6. The van der Waals surface area contributed by atoms with Crippen LogP contribution < -0.4 is 10.6 Å². The molecule has 0 amide bonds. The molecule has 2 heterocycles. The van der Waals surface area contributed by atoms with Gasteiger partial charge in [-0.25, -0.2) is 0 Å². The number of para-hydroxylation sites is 3. The van der Waals surface area contributed by atoms with Gasteiger partial charge in [0.25, 0.3) is 0 Å². The lowest BCUT2D eigenvalue weighted by Gasteiger charge is -2.38. The molecule has 6 aromatic carbocycles. The average Bonchev–Trinajstić information content (AvgIpc) is 3.66. The van der Waals surface area contributed by atoms with Crippen molar-refractivity contribution in [2.75, 3.05) is 10.6 Å². The van der Waals surface area contributed by atoms with E-state index >= 15 is 0 Å². The van der Waals surface area contributed by atoms with E-state index < -0.39 is 5.41 Å². The molecule has 10 rings (SSSR count). The SMILES string of the molecule is C1=CC2=C(CC1)c1c(ccc3c1c1ccccc1n3C1Nc3ccccc3NC1c1ccccc1)C2(c1ccccc1)c1ccccc1. The van der Waals surface area contributed by atoms with Gasteiger partial charge in [-0.05, 0) is 76.1 Å². The highest BCUT2D eigenvalue weighted by Gasteiger charge is 2.48. The van der Waals surface area contributed by atoms with E-state index in [-0.39, 0.29) is 12.2 Å². The van der Waals surface area contributed by atoms with Gasteiger partial charge in [0, 0.05) is 10.8 Å². The van der Waals surface area contributed by atoms with Crippen molar-refractivity contribution in [1.29, 1.82) is 0 Å². The first-order valence-electron chi connectivity index (χ1n) is 17.1. The molecule has 2 atom stereocenters. The minimum atomic E-state index is -0.391. The molecule has 1 aromatic heterocycles. The summed E-state index contributed by atoms with van der Waals surface area (Å²) in [7, 11) is 0. The number of aromatic nitrogens is 1. The van der Waals surface area contributed by atoms with E-state index in [9.17, 15) is 0 Å². The zero-order valence-electron chi connectivity index (χ0n) is 26.6. The fourth-order valence-electron chi connectivity index (χ4n) is 8.96. The molecule has 3 heteroatoms. The Labute approximate surface area is 280 Å². The topological polar surface area (TPSA) is 29.0 Å². The maximum Gasteiger partial charge on any atom is 0.129 e. The van der Waals surface area contributed by atoms with E-state index in [1.807, 2.05) is 0 Å². The summed E-state index contributed by atoms with van der Waals surface area (Å²) in [5.41, 5.74) is 13.9. The number of rotatable bonds is 4. The molecule has 0 radical (unpaired) electrons. The van der Waals surface area contributed by atoms with Gasteiger partial charge in [-0.2, -0.15) is 0 Å². The number of nitrogens with one attached hydrogen (secondary N) is 2. The van der Waals surface area contributed by atoms with E-state index in [1.54, 1.807) is 0 Å². The average molecular weight is 618 g/mol. The monoisotopic (exact) mass is 617 g/mol. The van der Waals surface area contributed by atoms with Gasteiger partial charge in [0.2, 0.25) is 0 Å². The largest absolute Gasteiger partial charge is 0.373 e. The number of hydrogen-bond acceptors (Lipinski definition) is 2. The van der Waals surface area contributed by atoms with Gasteiger partial charge in [0.05, 0.1) is 33.9 Å². The third-order valence-corrected chi connectivity index (χ3v) is 10.9. The number of anilines is 2. The highest BCUT2D eigenvalue weighted by molar-refractivity contribution is 6.15. The molecule has 3 aliphatic rings. The van der Waals surface area contributed by atoms with Crippen LogP contribution in [0.3, 0.4) is 0 Å². The third-order valence-electron chi connectivity index (χ3n) is 10.9. The van der Waals surface area contributed by atoms with E-state index in [0.717, 1.165) is 24.2 Å². The van der Waals surface area contributed by atoms with Gasteiger partial charge in [-0.15, -0.1) is 0 Å². The second-order valence-corrected chi connectivity index (χ2v) is 13.3. The molecular formula is C45H35N3. The molecule has 2 aliphatic carbocycles. The fourth-order valence-corrected chi connectivity index (χ4v) is 8.96. The number of nitrogens with zero attached hydrogens (tertiary/aromatic N) is 1. The molecule has 230 valence electrons. The molecule has 2 unspecified atom stereocenters. The fraction of sp³-hybridized carbons (Fsp3) is 0.111. The Hall–Kier alpha value is -5.80. The van der Waals surface area contributed by atoms with Crippen molar-refractivity contribution in [3.8, 4) is 0 Å². The van der Waals surface area contributed by atoms with Gasteiger partial charge in [0.1, 0.15) is 6.17 Å². The van der Waals surface area contributed by atoms with Crippen LogP contribution in [-0.2, 0) is 5.41 Å². The summed E-state index contributed by atoms with van der Waals surface area (Å²) in [4.78, 5) is 0. The van der Waals surface area contributed by atoms with Gasteiger partial charge in [0.15, 0.2) is 0 Å². The van der Waals surface area contributed by atoms with Gasteiger partial charge in [-0.1, -0.05) is 140 Å². The highest BCUT2D eigenvalue weighted by atomic mass is 15.3. The maximum atomic E-state index is 4.00. The Balaban J connectivity index is 1.30. The number of benzene rings is 6. The predicted molar refractivity (Wildman–Crippen MR) is 199 cm³/mol. The van der Waals surface area contributed by atoms with E-state index in [0.29, 0.717) is 0 Å². The molecule has 2 N–H and O–H groups in total. The number of hydrogen-bond donors (Lipinski definition) is 2. The molecule has 0 spiro atoms. The second-order valence-electron chi connectivity index (χ2n) is 13.3. The molecule has 0 saturated carbocycles. The maximum absolute atomic E-state index is 4.00. The van der Waals surface area contributed by atoms with Crippen molar-refractivity contribution in [2.24, 2.45) is 0 Å². The van der Waals surface area contributed by atoms with Crippen LogP contribution in [0.4, 0.5) is 11.4 Å². The van der Waals surface area contributed by atoms with Crippen molar-refractivity contribution in [2.45, 2.75) is 30.5 Å². The standard InChI is InChI=1S/C45H35N3/c1-4-16-30(17-5-1)43-44(47-38-26-14-13-25-37(38)46-43)48-39-27-15-11-23-34(39)42-40(48)29-28-36-41(42)33-22-10-12-24-35(33)45(36,31-18-6-2-7-19-31)32-20-8-3-9-21-32/h1-9,11-21,23-29,43-44,46-47H,10,22H2. The molecule has 0 bridgehead atoms. The Kier molecular flexibility index (Phi) is 6.04.